The number of carbonyl (C=O) groups excluding carboxylic acids is 1. The van der Waals surface area contributed by atoms with Crippen molar-refractivity contribution in [2.45, 2.75) is 46.1 Å². The Morgan fingerprint density at radius 1 is 1.24 bits per heavy atom. The summed E-state index contributed by atoms with van der Waals surface area (Å²) in [5.74, 6) is 0.778. The van der Waals surface area contributed by atoms with Crippen molar-refractivity contribution in [3.8, 4) is 0 Å². The predicted octanol–water partition coefficient (Wildman–Crippen LogP) is 2.37. The van der Waals surface area contributed by atoms with E-state index in [1.54, 1.807) is 6.92 Å². The molecule has 0 bridgehead atoms. The van der Waals surface area contributed by atoms with E-state index in [9.17, 15) is 4.79 Å². The van der Waals surface area contributed by atoms with Gasteiger partial charge in [-0.05, 0) is 32.8 Å². The van der Waals surface area contributed by atoms with Gasteiger partial charge in [0.2, 0.25) is 11.8 Å². The van der Waals surface area contributed by atoms with Crippen molar-refractivity contribution in [3.63, 3.8) is 0 Å². The van der Waals surface area contributed by atoms with E-state index in [2.05, 4.69) is 46.6 Å². The second-order valence-corrected chi connectivity index (χ2v) is 6.00. The van der Waals surface area contributed by atoms with Gasteiger partial charge in [-0.3, -0.25) is 4.79 Å². The Hall–Kier alpha value is -2.17. The second kappa shape index (κ2) is 6.08. The molecule has 2 aromatic rings. The summed E-state index contributed by atoms with van der Waals surface area (Å²) in [6, 6.07) is 8.34. The molecule has 0 aliphatic rings. The van der Waals surface area contributed by atoms with Gasteiger partial charge >= 0.3 is 0 Å². The summed E-state index contributed by atoms with van der Waals surface area (Å²) < 4.78 is 4.86. The smallest absolute Gasteiger partial charge is 0.228 e. The normalized spacial score (nSPS) is 11.4. The van der Waals surface area contributed by atoms with Gasteiger partial charge in [-0.15, -0.1) is 0 Å². The van der Waals surface area contributed by atoms with Crippen LogP contribution in [0.25, 0.3) is 0 Å². The lowest BCUT2D eigenvalue weighted by molar-refractivity contribution is -0.122. The van der Waals surface area contributed by atoms with E-state index in [1.165, 1.54) is 11.1 Å². The molecule has 0 saturated carbocycles. The summed E-state index contributed by atoms with van der Waals surface area (Å²) >= 11 is 0. The van der Waals surface area contributed by atoms with Gasteiger partial charge in [0.05, 0.1) is 6.42 Å². The lowest BCUT2D eigenvalue weighted by atomic mass is 9.94. The maximum atomic E-state index is 12.0. The molecule has 1 aromatic carbocycles. The van der Waals surface area contributed by atoms with Gasteiger partial charge in [0.15, 0.2) is 5.82 Å². The zero-order chi connectivity index (χ0) is 15.5. The van der Waals surface area contributed by atoms with Crippen LogP contribution < -0.4 is 5.32 Å². The molecule has 1 amide bonds. The molecule has 0 saturated heterocycles. The van der Waals surface area contributed by atoms with E-state index in [0.29, 0.717) is 11.7 Å². The Morgan fingerprint density at radius 2 is 1.90 bits per heavy atom. The van der Waals surface area contributed by atoms with Crippen LogP contribution in [-0.2, 0) is 17.6 Å². The summed E-state index contributed by atoms with van der Waals surface area (Å²) in [4.78, 5) is 16.1. The van der Waals surface area contributed by atoms with Gasteiger partial charge in [-0.25, -0.2) is 0 Å². The Bertz CT molecular complexity index is 615. The average Bonchev–Trinajstić information content (AvgIpc) is 2.76. The van der Waals surface area contributed by atoms with Gasteiger partial charge in [0.1, 0.15) is 0 Å². The fourth-order valence-electron chi connectivity index (χ4n) is 2.24. The van der Waals surface area contributed by atoms with Crippen LogP contribution in [-0.4, -0.2) is 21.6 Å². The Balaban J connectivity index is 1.93. The fraction of sp³-hybridized carbons (Fsp3) is 0.438. The maximum Gasteiger partial charge on any atom is 0.228 e. The minimum absolute atomic E-state index is 0.104. The lowest BCUT2D eigenvalue weighted by Gasteiger charge is -2.26. The minimum Gasteiger partial charge on any atom is -0.351 e. The van der Waals surface area contributed by atoms with Crippen LogP contribution in [0.5, 0.6) is 0 Å². The highest BCUT2D eigenvalue weighted by molar-refractivity contribution is 5.78. The van der Waals surface area contributed by atoms with Crippen molar-refractivity contribution in [2.24, 2.45) is 0 Å². The van der Waals surface area contributed by atoms with Gasteiger partial charge in [-0.2, -0.15) is 4.98 Å². The summed E-state index contributed by atoms with van der Waals surface area (Å²) in [5.41, 5.74) is 2.10. The molecule has 0 spiro atoms. The van der Waals surface area contributed by atoms with Crippen LogP contribution in [0.2, 0.25) is 0 Å². The summed E-state index contributed by atoms with van der Waals surface area (Å²) in [5, 5.41) is 6.75. The van der Waals surface area contributed by atoms with E-state index in [4.69, 9.17) is 4.52 Å². The molecule has 1 aromatic heterocycles. The van der Waals surface area contributed by atoms with E-state index >= 15 is 0 Å². The number of hydrogen-bond acceptors (Lipinski definition) is 4. The molecular weight excluding hydrogens is 266 g/mol. The Labute approximate surface area is 124 Å². The molecule has 1 N–H and O–H groups in total. The number of benzene rings is 1. The molecule has 0 fully saturated rings. The number of hydrogen-bond donors (Lipinski definition) is 1. The van der Waals surface area contributed by atoms with Crippen LogP contribution in [0, 0.1) is 13.8 Å². The van der Waals surface area contributed by atoms with Crippen LogP contribution in [0.3, 0.4) is 0 Å². The van der Waals surface area contributed by atoms with Crippen LogP contribution in [0.1, 0.15) is 36.7 Å². The van der Waals surface area contributed by atoms with E-state index in [-0.39, 0.29) is 17.9 Å². The third kappa shape index (κ3) is 4.70. The van der Waals surface area contributed by atoms with E-state index in [0.717, 1.165) is 6.42 Å². The molecule has 1 heterocycles. The first kappa shape index (κ1) is 15.2. The molecule has 0 radical (unpaired) electrons. The highest BCUT2D eigenvalue weighted by Crippen LogP contribution is 2.14. The molecule has 5 nitrogen and oxygen atoms in total. The molecule has 5 heteroatoms. The zero-order valence-electron chi connectivity index (χ0n) is 12.9. The Morgan fingerprint density at radius 3 is 2.48 bits per heavy atom. The van der Waals surface area contributed by atoms with Crippen molar-refractivity contribution in [3.05, 3.63) is 47.1 Å². The third-order valence-electron chi connectivity index (χ3n) is 3.13. The summed E-state index contributed by atoms with van der Waals surface area (Å²) in [6.07, 6.45) is 0.902. The number of aromatic nitrogens is 2. The number of rotatable bonds is 5. The predicted molar refractivity (Wildman–Crippen MR) is 79.8 cm³/mol. The van der Waals surface area contributed by atoms with E-state index in [1.807, 2.05) is 13.8 Å². The quantitative estimate of drug-likeness (QED) is 0.916. The highest BCUT2D eigenvalue weighted by atomic mass is 16.5. The molecule has 21 heavy (non-hydrogen) atoms. The zero-order valence-corrected chi connectivity index (χ0v) is 12.9. The van der Waals surface area contributed by atoms with Crippen molar-refractivity contribution in [1.29, 1.82) is 0 Å². The maximum absolute atomic E-state index is 12.0. The summed E-state index contributed by atoms with van der Waals surface area (Å²) in [7, 11) is 0. The largest absolute Gasteiger partial charge is 0.351 e. The molecule has 0 unspecified atom stereocenters. The van der Waals surface area contributed by atoms with Crippen molar-refractivity contribution in [2.75, 3.05) is 0 Å². The molecule has 0 aliphatic carbocycles. The van der Waals surface area contributed by atoms with Crippen LogP contribution in [0.4, 0.5) is 0 Å². The fourth-order valence-corrected chi connectivity index (χ4v) is 2.24. The van der Waals surface area contributed by atoms with Gasteiger partial charge in [0, 0.05) is 12.5 Å². The highest BCUT2D eigenvalue weighted by Gasteiger charge is 2.22. The molecule has 112 valence electrons. The molecule has 2 rings (SSSR count). The number of nitrogens with one attached hydrogen (secondary N) is 1. The Kier molecular flexibility index (Phi) is 4.40. The average molecular weight is 287 g/mol. The standard InChI is InChI=1S/C16H21N3O2/c1-11-5-7-13(8-6-11)10-16(3,4)18-15(20)9-14-17-12(2)21-19-14/h5-8H,9-10H2,1-4H3,(H,18,20). The topological polar surface area (TPSA) is 68.0 Å². The van der Waals surface area contributed by atoms with Crippen LogP contribution >= 0.6 is 0 Å². The number of amides is 1. The summed E-state index contributed by atoms with van der Waals surface area (Å²) in [6.45, 7) is 7.78. The molecule has 0 atom stereocenters. The van der Waals surface area contributed by atoms with Crippen molar-refractivity contribution < 1.29 is 9.32 Å². The van der Waals surface area contributed by atoms with Crippen molar-refractivity contribution >= 4 is 5.91 Å². The SMILES string of the molecule is Cc1ccc(CC(C)(C)NC(=O)Cc2noc(C)n2)cc1. The van der Waals surface area contributed by atoms with Gasteiger partial charge in [-0.1, -0.05) is 35.0 Å². The second-order valence-electron chi connectivity index (χ2n) is 6.00. The number of aryl methyl sites for hydroxylation is 2. The molecule has 0 aliphatic heterocycles. The number of nitrogens with zero attached hydrogens (tertiary/aromatic N) is 2. The first-order valence-electron chi connectivity index (χ1n) is 7.00. The first-order valence-corrected chi connectivity index (χ1v) is 7.00. The first-order chi connectivity index (χ1) is 9.84. The van der Waals surface area contributed by atoms with Crippen LogP contribution in [0.15, 0.2) is 28.8 Å². The third-order valence-corrected chi connectivity index (χ3v) is 3.13. The van der Waals surface area contributed by atoms with Crippen molar-refractivity contribution in [1.82, 2.24) is 15.5 Å². The van der Waals surface area contributed by atoms with Gasteiger partial charge < -0.3 is 9.84 Å². The van der Waals surface area contributed by atoms with Gasteiger partial charge in [0.25, 0.3) is 0 Å². The van der Waals surface area contributed by atoms with E-state index < -0.39 is 0 Å². The monoisotopic (exact) mass is 287 g/mol. The molecular formula is C16H21N3O2. The minimum atomic E-state index is -0.328. The lowest BCUT2D eigenvalue weighted by Crippen LogP contribution is -2.45. The number of carbonyl (C=O) groups is 1.